The number of rotatable bonds is 6. The predicted octanol–water partition coefficient (Wildman–Crippen LogP) is 2.41. The second-order valence-electron chi connectivity index (χ2n) is 3.46. The Hall–Kier alpha value is -0.910. The fourth-order valence-corrected chi connectivity index (χ4v) is 2.18. The molecule has 0 unspecified atom stereocenters. The first-order valence-corrected chi connectivity index (χ1v) is 6.91. The highest BCUT2D eigenvalue weighted by Gasteiger charge is 2.16. The minimum absolute atomic E-state index is 0.00815. The molecule has 0 saturated heterocycles. The molecule has 0 aliphatic heterocycles. The van der Waals surface area contributed by atoms with Crippen molar-refractivity contribution in [3.63, 3.8) is 0 Å². The van der Waals surface area contributed by atoms with Crippen molar-refractivity contribution in [2.24, 2.45) is 0 Å². The van der Waals surface area contributed by atoms with Gasteiger partial charge in [-0.3, -0.25) is 8.98 Å². The van der Waals surface area contributed by atoms with Crippen LogP contribution >= 0.6 is 11.6 Å². The van der Waals surface area contributed by atoms with E-state index in [-0.39, 0.29) is 10.7 Å². The van der Waals surface area contributed by atoms with Crippen molar-refractivity contribution in [3.8, 4) is 0 Å². The summed E-state index contributed by atoms with van der Waals surface area (Å²) in [5.74, 6) is -0.231. The Labute approximate surface area is 106 Å². The second-order valence-corrected chi connectivity index (χ2v) is 5.51. The van der Waals surface area contributed by atoms with Crippen LogP contribution in [0.2, 0.25) is 5.02 Å². The van der Waals surface area contributed by atoms with E-state index in [1.165, 1.54) is 24.3 Å². The van der Waals surface area contributed by atoms with E-state index in [2.05, 4.69) is 4.18 Å². The molecule has 0 radical (unpaired) electrons. The molecular weight excluding hydrogens is 264 g/mol. The zero-order chi connectivity index (χ0) is 12.9. The van der Waals surface area contributed by atoms with Gasteiger partial charge in [0, 0.05) is 11.4 Å². The first kappa shape index (κ1) is 14.2. The molecule has 4 nitrogen and oxygen atoms in total. The van der Waals surface area contributed by atoms with Gasteiger partial charge in [-0.15, -0.1) is 0 Å². The average molecular weight is 277 g/mol. The number of hydrogen-bond acceptors (Lipinski definition) is 4. The monoisotopic (exact) mass is 276 g/mol. The second kappa shape index (κ2) is 6.14. The first-order chi connectivity index (χ1) is 7.95. The maximum Gasteiger partial charge on any atom is 0.297 e. The lowest BCUT2D eigenvalue weighted by atomic mass is 10.2. The number of halogens is 1. The van der Waals surface area contributed by atoms with Gasteiger partial charge in [-0.2, -0.15) is 8.42 Å². The molecule has 0 heterocycles. The number of carbonyl (C=O) groups is 1. The van der Waals surface area contributed by atoms with Crippen molar-refractivity contribution >= 4 is 27.5 Å². The molecule has 0 spiro atoms. The summed E-state index contributed by atoms with van der Waals surface area (Å²) in [7, 11) is -3.87. The van der Waals surface area contributed by atoms with Crippen molar-refractivity contribution in [3.05, 3.63) is 29.3 Å². The normalized spacial score (nSPS) is 11.4. The topological polar surface area (TPSA) is 60.4 Å². The molecule has 17 heavy (non-hydrogen) atoms. The quantitative estimate of drug-likeness (QED) is 0.749. The van der Waals surface area contributed by atoms with Crippen LogP contribution in [0.4, 0.5) is 0 Å². The fourth-order valence-electron chi connectivity index (χ4n) is 1.16. The van der Waals surface area contributed by atoms with E-state index >= 15 is 0 Å². The smallest absolute Gasteiger partial charge is 0.297 e. The van der Waals surface area contributed by atoms with Gasteiger partial charge in [0.05, 0.1) is 4.90 Å². The largest absolute Gasteiger partial charge is 0.297 e. The third-order valence-electron chi connectivity index (χ3n) is 2.01. The van der Waals surface area contributed by atoms with Crippen LogP contribution in [-0.4, -0.2) is 20.8 Å². The summed E-state index contributed by atoms with van der Waals surface area (Å²) in [5.41, 5.74) is 0. The first-order valence-electron chi connectivity index (χ1n) is 5.12. The van der Waals surface area contributed by atoms with Crippen molar-refractivity contribution in [1.82, 2.24) is 0 Å². The molecule has 0 aliphatic carbocycles. The third kappa shape index (κ3) is 4.46. The summed E-state index contributed by atoms with van der Waals surface area (Å²) in [4.78, 5) is 11.2. The summed E-state index contributed by atoms with van der Waals surface area (Å²) in [5, 5.41) is 0.436. The lowest BCUT2D eigenvalue weighted by Crippen LogP contribution is -2.14. The number of benzene rings is 1. The van der Waals surface area contributed by atoms with Crippen LogP contribution in [0.5, 0.6) is 0 Å². The lowest BCUT2D eigenvalue weighted by Gasteiger charge is -2.04. The van der Waals surface area contributed by atoms with Gasteiger partial charge in [-0.05, 0) is 30.7 Å². The number of ketones is 1. The van der Waals surface area contributed by atoms with Crippen LogP contribution < -0.4 is 0 Å². The summed E-state index contributed by atoms with van der Waals surface area (Å²) in [6.45, 7) is 1.42. The van der Waals surface area contributed by atoms with Gasteiger partial charge >= 0.3 is 0 Å². The van der Waals surface area contributed by atoms with Crippen LogP contribution in [0.15, 0.2) is 29.2 Å². The number of carbonyl (C=O) groups excluding carboxylic acids is 1. The molecule has 0 aromatic heterocycles. The fraction of sp³-hybridized carbons (Fsp3) is 0.364. The van der Waals surface area contributed by atoms with Crippen LogP contribution in [0.25, 0.3) is 0 Å². The van der Waals surface area contributed by atoms with E-state index < -0.39 is 16.7 Å². The van der Waals surface area contributed by atoms with Gasteiger partial charge in [0.2, 0.25) is 0 Å². The molecule has 0 bridgehead atoms. The molecule has 1 aromatic rings. The third-order valence-corrected chi connectivity index (χ3v) is 3.54. The molecule has 0 N–H and O–H groups in total. The Balaban J connectivity index is 2.69. The Kier molecular flexibility index (Phi) is 5.11. The van der Waals surface area contributed by atoms with Gasteiger partial charge in [0.25, 0.3) is 10.1 Å². The number of hydrogen-bond donors (Lipinski definition) is 0. The van der Waals surface area contributed by atoms with Crippen molar-refractivity contribution in [2.45, 2.75) is 24.7 Å². The van der Waals surface area contributed by atoms with E-state index in [1.807, 2.05) is 6.92 Å². The van der Waals surface area contributed by atoms with E-state index in [4.69, 9.17) is 11.6 Å². The zero-order valence-electron chi connectivity index (χ0n) is 9.35. The maximum absolute atomic E-state index is 11.6. The molecular formula is C11H13ClO4S. The van der Waals surface area contributed by atoms with Gasteiger partial charge in [-0.1, -0.05) is 18.5 Å². The molecule has 94 valence electrons. The van der Waals surface area contributed by atoms with Gasteiger partial charge in [0.15, 0.2) is 5.78 Å². The van der Waals surface area contributed by atoms with Crippen LogP contribution in [0.1, 0.15) is 19.8 Å². The van der Waals surface area contributed by atoms with E-state index in [9.17, 15) is 13.2 Å². The van der Waals surface area contributed by atoms with Crippen LogP contribution in [0.3, 0.4) is 0 Å². The highest BCUT2D eigenvalue weighted by Crippen LogP contribution is 2.16. The highest BCUT2D eigenvalue weighted by atomic mass is 35.5. The maximum atomic E-state index is 11.6. The van der Waals surface area contributed by atoms with E-state index in [0.29, 0.717) is 17.9 Å². The molecule has 0 atom stereocenters. The molecule has 0 saturated carbocycles. The van der Waals surface area contributed by atoms with Crippen molar-refractivity contribution < 1.29 is 17.4 Å². The van der Waals surface area contributed by atoms with Crippen molar-refractivity contribution in [2.75, 3.05) is 6.61 Å². The van der Waals surface area contributed by atoms with E-state index in [0.717, 1.165) is 0 Å². The van der Waals surface area contributed by atoms with Crippen LogP contribution in [-0.2, 0) is 19.1 Å². The molecule has 6 heteroatoms. The van der Waals surface area contributed by atoms with Gasteiger partial charge in [-0.25, -0.2) is 0 Å². The van der Waals surface area contributed by atoms with Gasteiger partial charge in [0.1, 0.15) is 6.61 Å². The molecule has 1 aromatic carbocycles. The Bertz CT molecular complexity index is 479. The summed E-state index contributed by atoms with van der Waals surface area (Å²) < 4.78 is 27.9. The lowest BCUT2D eigenvalue weighted by molar-refractivity contribution is -0.121. The van der Waals surface area contributed by atoms with Crippen LogP contribution in [0, 0.1) is 0 Å². The Morgan fingerprint density at radius 2 is 1.88 bits per heavy atom. The number of Topliss-reactive ketones (excluding diaryl/α,β-unsaturated/α-hetero) is 1. The molecule has 0 aliphatic rings. The minimum atomic E-state index is -3.87. The SMILES string of the molecule is CCCC(=O)COS(=O)(=O)c1ccc(Cl)cc1. The Morgan fingerprint density at radius 3 is 2.41 bits per heavy atom. The highest BCUT2D eigenvalue weighted by molar-refractivity contribution is 7.86. The van der Waals surface area contributed by atoms with Gasteiger partial charge < -0.3 is 0 Å². The summed E-state index contributed by atoms with van der Waals surface area (Å²) in [6, 6.07) is 5.57. The molecule has 1 rings (SSSR count). The van der Waals surface area contributed by atoms with E-state index in [1.54, 1.807) is 0 Å². The standard InChI is InChI=1S/C11H13ClO4S/c1-2-3-10(13)8-16-17(14,15)11-6-4-9(12)5-7-11/h4-7H,2-3,8H2,1H3. The zero-order valence-corrected chi connectivity index (χ0v) is 10.9. The predicted molar refractivity (Wildman–Crippen MR) is 64.5 cm³/mol. The molecule has 0 amide bonds. The average Bonchev–Trinajstić information content (AvgIpc) is 2.28. The Morgan fingerprint density at radius 1 is 1.29 bits per heavy atom. The summed E-state index contributed by atoms with van der Waals surface area (Å²) >= 11 is 5.64. The minimum Gasteiger partial charge on any atom is -0.297 e. The summed E-state index contributed by atoms with van der Waals surface area (Å²) in [6.07, 6.45) is 0.985. The molecule has 0 fully saturated rings. The van der Waals surface area contributed by atoms with Crippen molar-refractivity contribution in [1.29, 1.82) is 0 Å².